The Labute approximate surface area is 133 Å². The van der Waals surface area contributed by atoms with Crippen molar-refractivity contribution < 1.29 is 4.39 Å². The number of nitrogens with zero attached hydrogens (tertiary/aromatic N) is 2. The van der Waals surface area contributed by atoms with E-state index in [4.69, 9.17) is 23.2 Å². The van der Waals surface area contributed by atoms with E-state index in [2.05, 4.69) is 9.97 Å². The SMILES string of the molecule is Fc1ccc(Cc2nc(Cl)c3c(n2)CCCCC3)c(Cl)c1. The third kappa shape index (κ3) is 3.35. The smallest absolute Gasteiger partial charge is 0.136 e. The summed E-state index contributed by atoms with van der Waals surface area (Å²) < 4.78 is 13.1. The number of fused-ring (bicyclic) bond motifs is 1. The highest BCUT2D eigenvalue weighted by molar-refractivity contribution is 6.31. The summed E-state index contributed by atoms with van der Waals surface area (Å²) in [5.74, 6) is 0.304. The number of aromatic nitrogens is 2. The van der Waals surface area contributed by atoms with Crippen molar-refractivity contribution in [3.63, 3.8) is 0 Å². The summed E-state index contributed by atoms with van der Waals surface area (Å²) in [6.07, 6.45) is 5.84. The quantitative estimate of drug-likeness (QED) is 0.586. The molecule has 0 spiro atoms. The average Bonchev–Trinajstić information content (AvgIpc) is 2.68. The van der Waals surface area contributed by atoms with Gasteiger partial charge in [-0.05, 0) is 43.4 Å². The molecule has 2 aromatic rings. The van der Waals surface area contributed by atoms with Crippen molar-refractivity contribution in [2.75, 3.05) is 0 Å². The normalized spacial score (nSPS) is 14.6. The molecule has 0 fully saturated rings. The second kappa shape index (κ2) is 6.29. The van der Waals surface area contributed by atoms with Gasteiger partial charge in [-0.2, -0.15) is 0 Å². The Hall–Kier alpha value is -1.19. The minimum absolute atomic E-state index is 0.343. The largest absolute Gasteiger partial charge is 0.237 e. The van der Waals surface area contributed by atoms with Gasteiger partial charge in [-0.1, -0.05) is 35.7 Å². The maximum absolute atomic E-state index is 13.1. The molecule has 1 aliphatic carbocycles. The van der Waals surface area contributed by atoms with Crippen LogP contribution >= 0.6 is 23.2 Å². The van der Waals surface area contributed by atoms with Gasteiger partial charge < -0.3 is 0 Å². The average molecular weight is 325 g/mol. The van der Waals surface area contributed by atoms with Crippen LogP contribution in [-0.4, -0.2) is 9.97 Å². The monoisotopic (exact) mass is 324 g/mol. The van der Waals surface area contributed by atoms with Crippen LogP contribution in [0.15, 0.2) is 18.2 Å². The zero-order valence-corrected chi connectivity index (χ0v) is 13.0. The van der Waals surface area contributed by atoms with E-state index in [0.717, 1.165) is 42.5 Å². The molecule has 2 nitrogen and oxygen atoms in total. The summed E-state index contributed by atoms with van der Waals surface area (Å²) in [5, 5.41) is 0.944. The first-order valence-corrected chi connectivity index (χ1v) is 7.87. The van der Waals surface area contributed by atoms with E-state index < -0.39 is 0 Å². The zero-order chi connectivity index (χ0) is 14.8. The first-order valence-electron chi connectivity index (χ1n) is 7.11. The molecule has 0 atom stereocenters. The molecule has 0 radical (unpaired) electrons. The van der Waals surface area contributed by atoms with E-state index in [1.165, 1.54) is 18.6 Å². The predicted molar refractivity (Wildman–Crippen MR) is 82.5 cm³/mol. The Balaban J connectivity index is 1.92. The molecule has 1 aliphatic rings. The van der Waals surface area contributed by atoms with Gasteiger partial charge in [0.2, 0.25) is 0 Å². The number of aryl methyl sites for hydroxylation is 1. The fraction of sp³-hybridized carbons (Fsp3) is 0.375. The Morgan fingerprint density at radius 1 is 1.05 bits per heavy atom. The van der Waals surface area contributed by atoms with Crippen LogP contribution in [0, 0.1) is 5.82 Å². The molecule has 5 heteroatoms. The molecule has 0 unspecified atom stereocenters. The summed E-state index contributed by atoms with van der Waals surface area (Å²) >= 11 is 12.4. The fourth-order valence-electron chi connectivity index (χ4n) is 2.69. The lowest BCUT2D eigenvalue weighted by Gasteiger charge is -2.10. The van der Waals surface area contributed by atoms with Gasteiger partial charge in [-0.3, -0.25) is 0 Å². The van der Waals surface area contributed by atoms with Crippen molar-refractivity contribution >= 4 is 23.2 Å². The van der Waals surface area contributed by atoms with Crippen molar-refractivity contribution in [3.05, 3.63) is 56.8 Å². The van der Waals surface area contributed by atoms with Gasteiger partial charge in [-0.15, -0.1) is 0 Å². The third-order valence-corrected chi connectivity index (χ3v) is 4.46. The van der Waals surface area contributed by atoms with Gasteiger partial charge in [0, 0.05) is 22.7 Å². The summed E-state index contributed by atoms with van der Waals surface area (Å²) in [5.41, 5.74) is 2.95. The Bertz CT molecular complexity index is 674. The van der Waals surface area contributed by atoms with Gasteiger partial charge in [0.25, 0.3) is 0 Å². The fourth-order valence-corrected chi connectivity index (χ4v) is 3.22. The lowest BCUT2D eigenvalue weighted by Crippen LogP contribution is -2.06. The van der Waals surface area contributed by atoms with Crippen molar-refractivity contribution in [2.24, 2.45) is 0 Å². The van der Waals surface area contributed by atoms with Gasteiger partial charge >= 0.3 is 0 Å². The summed E-state index contributed by atoms with van der Waals surface area (Å²) in [7, 11) is 0. The maximum Gasteiger partial charge on any atom is 0.136 e. The number of benzene rings is 1. The number of rotatable bonds is 2. The van der Waals surface area contributed by atoms with Crippen LogP contribution in [0.3, 0.4) is 0 Å². The molecule has 21 heavy (non-hydrogen) atoms. The van der Waals surface area contributed by atoms with Gasteiger partial charge in [-0.25, -0.2) is 14.4 Å². The van der Waals surface area contributed by atoms with Crippen LogP contribution in [0.4, 0.5) is 4.39 Å². The zero-order valence-electron chi connectivity index (χ0n) is 11.5. The van der Waals surface area contributed by atoms with Crippen LogP contribution in [0.1, 0.15) is 41.9 Å². The maximum atomic E-state index is 13.1. The lowest BCUT2D eigenvalue weighted by molar-refractivity contribution is 0.627. The molecule has 1 heterocycles. The lowest BCUT2D eigenvalue weighted by atomic mass is 10.1. The summed E-state index contributed by atoms with van der Waals surface area (Å²) in [6, 6.07) is 4.37. The minimum Gasteiger partial charge on any atom is -0.237 e. The molecule has 110 valence electrons. The molecule has 0 bridgehead atoms. The highest BCUT2D eigenvalue weighted by atomic mass is 35.5. The van der Waals surface area contributed by atoms with Crippen molar-refractivity contribution in [2.45, 2.75) is 38.5 Å². The van der Waals surface area contributed by atoms with E-state index in [-0.39, 0.29) is 5.82 Å². The van der Waals surface area contributed by atoms with Crippen molar-refractivity contribution in [3.8, 4) is 0 Å². The summed E-state index contributed by atoms with van der Waals surface area (Å²) in [4.78, 5) is 9.03. The second-order valence-corrected chi connectivity index (χ2v) is 6.09. The van der Waals surface area contributed by atoms with Crippen LogP contribution in [0.25, 0.3) is 0 Å². The van der Waals surface area contributed by atoms with Crippen LogP contribution in [0.5, 0.6) is 0 Å². The predicted octanol–water partition coefficient (Wildman–Crippen LogP) is 4.78. The van der Waals surface area contributed by atoms with Crippen molar-refractivity contribution in [1.29, 1.82) is 0 Å². The first-order chi connectivity index (χ1) is 10.1. The highest BCUT2D eigenvalue weighted by Gasteiger charge is 2.16. The first kappa shape index (κ1) is 14.7. The van der Waals surface area contributed by atoms with E-state index in [1.807, 2.05) is 0 Å². The van der Waals surface area contributed by atoms with Crippen LogP contribution < -0.4 is 0 Å². The standard InChI is InChI=1S/C16H15Cl2FN2/c17-13-9-11(19)7-6-10(13)8-15-20-14-5-3-1-2-4-12(14)16(18)21-15/h6-7,9H,1-5,8H2. The Kier molecular flexibility index (Phi) is 4.41. The van der Waals surface area contributed by atoms with E-state index in [9.17, 15) is 4.39 Å². The van der Waals surface area contributed by atoms with Crippen molar-refractivity contribution in [1.82, 2.24) is 9.97 Å². The molecular weight excluding hydrogens is 310 g/mol. The van der Waals surface area contributed by atoms with E-state index in [1.54, 1.807) is 6.07 Å². The molecule has 3 rings (SSSR count). The molecule has 0 N–H and O–H groups in total. The second-order valence-electron chi connectivity index (χ2n) is 5.33. The third-order valence-electron chi connectivity index (χ3n) is 3.79. The van der Waals surface area contributed by atoms with Crippen LogP contribution in [0.2, 0.25) is 10.2 Å². The minimum atomic E-state index is -0.343. The highest BCUT2D eigenvalue weighted by Crippen LogP contribution is 2.26. The van der Waals surface area contributed by atoms with E-state index in [0.29, 0.717) is 22.4 Å². The Morgan fingerprint density at radius 3 is 2.67 bits per heavy atom. The van der Waals surface area contributed by atoms with Gasteiger partial charge in [0.05, 0.1) is 0 Å². The molecule has 0 aliphatic heterocycles. The molecule has 1 aromatic carbocycles. The van der Waals surface area contributed by atoms with Gasteiger partial charge in [0.15, 0.2) is 0 Å². The molecular formula is C16H15Cl2FN2. The Morgan fingerprint density at radius 2 is 1.86 bits per heavy atom. The van der Waals surface area contributed by atoms with Gasteiger partial charge in [0.1, 0.15) is 16.8 Å². The summed E-state index contributed by atoms with van der Waals surface area (Å²) in [6.45, 7) is 0. The molecule has 1 aromatic heterocycles. The van der Waals surface area contributed by atoms with Crippen LogP contribution in [-0.2, 0) is 19.3 Å². The molecule has 0 saturated carbocycles. The number of halogens is 3. The molecule has 0 saturated heterocycles. The molecule has 0 amide bonds. The number of hydrogen-bond donors (Lipinski definition) is 0. The number of hydrogen-bond acceptors (Lipinski definition) is 2. The van der Waals surface area contributed by atoms with E-state index >= 15 is 0 Å². The topological polar surface area (TPSA) is 25.8 Å².